The third-order valence-electron chi connectivity index (χ3n) is 4.85. The van der Waals surface area contributed by atoms with Gasteiger partial charge in [-0.3, -0.25) is 10.1 Å². The average Bonchev–Trinajstić information content (AvgIpc) is 3.05. The minimum absolute atomic E-state index is 0. The average molecular weight is 373 g/mol. The van der Waals surface area contributed by atoms with Crippen LogP contribution in [0.3, 0.4) is 0 Å². The number of fused-ring (bicyclic) bond motifs is 3. The molecule has 2 heterocycles. The van der Waals surface area contributed by atoms with E-state index in [-0.39, 0.29) is 30.5 Å². The van der Waals surface area contributed by atoms with Gasteiger partial charge in [0.15, 0.2) is 0 Å². The van der Waals surface area contributed by atoms with Crippen molar-refractivity contribution in [3.05, 3.63) is 65.4 Å². The van der Waals surface area contributed by atoms with Gasteiger partial charge in [0.2, 0.25) is 0 Å². The van der Waals surface area contributed by atoms with E-state index in [0.717, 1.165) is 27.9 Å². The molecule has 0 saturated heterocycles. The van der Waals surface area contributed by atoms with Gasteiger partial charge in [0, 0.05) is 23.0 Å². The van der Waals surface area contributed by atoms with Crippen molar-refractivity contribution in [2.45, 2.75) is 18.5 Å². The van der Waals surface area contributed by atoms with Crippen molar-refractivity contribution < 1.29 is 14.3 Å². The van der Waals surface area contributed by atoms with Gasteiger partial charge in [0.05, 0.1) is 20.3 Å². The highest BCUT2D eigenvalue weighted by molar-refractivity contribution is 5.87. The van der Waals surface area contributed by atoms with Crippen LogP contribution in [0.5, 0.6) is 5.75 Å². The number of ether oxygens (including phenoxy) is 2. The van der Waals surface area contributed by atoms with Gasteiger partial charge in [-0.15, -0.1) is 12.4 Å². The van der Waals surface area contributed by atoms with E-state index in [2.05, 4.69) is 22.4 Å². The van der Waals surface area contributed by atoms with Gasteiger partial charge in [0.1, 0.15) is 11.8 Å². The number of benzene rings is 2. The lowest BCUT2D eigenvalue weighted by Gasteiger charge is -2.30. The van der Waals surface area contributed by atoms with Crippen molar-refractivity contribution in [2.24, 2.45) is 0 Å². The van der Waals surface area contributed by atoms with Gasteiger partial charge in [-0.2, -0.15) is 0 Å². The van der Waals surface area contributed by atoms with Crippen LogP contribution >= 0.6 is 12.4 Å². The standard InChI is InChI=1S/C20H20N2O3.ClH/c1-24-13-9-7-12(8-10-13)18-19-15(11-17(22-18)20(23)25-2)14-5-3-4-6-16(14)21-19;/h3-10,17-18,21-22H,11H2,1-2H3;1H/t17-,18-;/m0./s1. The van der Waals surface area contributed by atoms with Crippen molar-refractivity contribution in [1.29, 1.82) is 0 Å². The van der Waals surface area contributed by atoms with Gasteiger partial charge < -0.3 is 14.5 Å². The number of H-pyrrole nitrogens is 1. The normalized spacial score (nSPS) is 18.7. The fourth-order valence-electron chi connectivity index (χ4n) is 3.59. The fourth-order valence-corrected chi connectivity index (χ4v) is 3.59. The summed E-state index contributed by atoms with van der Waals surface area (Å²) in [6, 6.07) is 15.6. The Bertz CT molecular complexity index is 920. The van der Waals surface area contributed by atoms with Gasteiger partial charge >= 0.3 is 5.97 Å². The number of para-hydroxylation sites is 1. The first-order chi connectivity index (χ1) is 12.2. The predicted octanol–water partition coefficient (Wildman–Crippen LogP) is 3.38. The molecule has 0 radical (unpaired) electrons. The Labute approximate surface area is 158 Å². The topological polar surface area (TPSA) is 63.4 Å². The zero-order valence-electron chi connectivity index (χ0n) is 14.6. The molecular weight excluding hydrogens is 352 g/mol. The molecule has 0 spiro atoms. The summed E-state index contributed by atoms with van der Waals surface area (Å²) in [4.78, 5) is 15.7. The zero-order valence-corrected chi connectivity index (χ0v) is 15.4. The molecule has 1 aliphatic rings. The zero-order chi connectivity index (χ0) is 17.4. The van der Waals surface area contributed by atoms with Crippen molar-refractivity contribution >= 4 is 29.3 Å². The van der Waals surface area contributed by atoms with Crippen LogP contribution in [0.1, 0.15) is 22.9 Å². The van der Waals surface area contributed by atoms with E-state index in [1.54, 1.807) is 7.11 Å². The van der Waals surface area contributed by atoms with Crippen LogP contribution in [0.15, 0.2) is 48.5 Å². The number of nitrogens with one attached hydrogen (secondary N) is 2. The number of aromatic amines is 1. The molecule has 0 amide bonds. The Morgan fingerprint density at radius 3 is 2.50 bits per heavy atom. The van der Waals surface area contributed by atoms with Crippen LogP contribution in [-0.4, -0.2) is 31.2 Å². The molecule has 1 aliphatic heterocycles. The van der Waals surface area contributed by atoms with Crippen molar-refractivity contribution in [3.8, 4) is 5.75 Å². The molecule has 6 heteroatoms. The summed E-state index contributed by atoms with van der Waals surface area (Å²) >= 11 is 0. The smallest absolute Gasteiger partial charge is 0.323 e. The van der Waals surface area contributed by atoms with Crippen LogP contribution < -0.4 is 10.1 Å². The molecule has 136 valence electrons. The van der Waals surface area contributed by atoms with Gasteiger partial charge in [-0.25, -0.2) is 0 Å². The third kappa shape index (κ3) is 3.04. The molecule has 0 bridgehead atoms. The number of carbonyl (C=O) groups is 1. The molecule has 2 aromatic carbocycles. The Hall–Kier alpha value is -2.50. The monoisotopic (exact) mass is 372 g/mol. The minimum Gasteiger partial charge on any atom is -0.497 e. The number of halogens is 1. The highest BCUT2D eigenvalue weighted by atomic mass is 35.5. The lowest BCUT2D eigenvalue weighted by Crippen LogP contribution is -2.45. The summed E-state index contributed by atoms with van der Waals surface area (Å²) in [6.07, 6.45) is 0.610. The van der Waals surface area contributed by atoms with Crippen LogP contribution in [0, 0.1) is 0 Å². The van der Waals surface area contributed by atoms with Crippen molar-refractivity contribution in [3.63, 3.8) is 0 Å². The first kappa shape index (κ1) is 18.3. The molecule has 0 saturated carbocycles. The number of hydrogen-bond acceptors (Lipinski definition) is 4. The van der Waals surface area contributed by atoms with Crippen LogP contribution in [0.25, 0.3) is 10.9 Å². The SMILES string of the molecule is COC(=O)[C@@H]1Cc2c([nH]c3ccccc23)[C@H](c2ccc(OC)cc2)N1.Cl. The highest BCUT2D eigenvalue weighted by Crippen LogP contribution is 2.35. The van der Waals surface area contributed by atoms with Crippen LogP contribution in [0.2, 0.25) is 0 Å². The number of carbonyl (C=O) groups excluding carboxylic acids is 1. The molecular formula is C20H21ClN2O3. The Morgan fingerprint density at radius 2 is 1.81 bits per heavy atom. The summed E-state index contributed by atoms with van der Waals surface area (Å²) in [5.74, 6) is 0.565. The largest absolute Gasteiger partial charge is 0.497 e. The summed E-state index contributed by atoms with van der Waals surface area (Å²) < 4.78 is 10.2. The molecule has 2 atom stereocenters. The van der Waals surface area contributed by atoms with Crippen molar-refractivity contribution in [1.82, 2.24) is 10.3 Å². The van der Waals surface area contributed by atoms with E-state index in [1.807, 2.05) is 36.4 Å². The number of methoxy groups -OCH3 is 2. The van der Waals surface area contributed by atoms with E-state index >= 15 is 0 Å². The molecule has 26 heavy (non-hydrogen) atoms. The van der Waals surface area contributed by atoms with E-state index in [0.29, 0.717) is 6.42 Å². The summed E-state index contributed by atoms with van der Waals surface area (Å²) in [5, 5.41) is 4.59. The van der Waals surface area contributed by atoms with Gasteiger partial charge in [-0.05, 0) is 29.3 Å². The first-order valence-electron chi connectivity index (χ1n) is 8.28. The quantitative estimate of drug-likeness (QED) is 0.692. The second-order valence-corrected chi connectivity index (χ2v) is 6.22. The van der Waals surface area contributed by atoms with E-state index < -0.39 is 0 Å². The molecule has 5 nitrogen and oxygen atoms in total. The molecule has 3 aromatic rings. The summed E-state index contributed by atoms with van der Waals surface area (Å²) in [6.45, 7) is 0. The first-order valence-corrected chi connectivity index (χ1v) is 8.28. The lowest BCUT2D eigenvalue weighted by molar-refractivity contribution is -0.143. The molecule has 0 aliphatic carbocycles. The Balaban J connectivity index is 0.00000196. The fraction of sp³-hybridized carbons (Fsp3) is 0.250. The van der Waals surface area contributed by atoms with Crippen LogP contribution in [-0.2, 0) is 16.0 Å². The maximum atomic E-state index is 12.2. The second-order valence-electron chi connectivity index (χ2n) is 6.22. The summed E-state index contributed by atoms with van der Waals surface area (Å²) in [5.41, 5.74) is 4.43. The van der Waals surface area contributed by atoms with E-state index in [1.165, 1.54) is 12.7 Å². The Kier molecular flexibility index (Phi) is 5.20. The van der Waals surface area contributed by atoms with E-state index in [4.69, 9.17) is 9.47 Å². The lowest BCUT2D eigenvalue weighted by atomic mass is 9.90. The molecule has 1 aromatic heterocycles. The number of aromatic nitrogens is 1. The summed E-state index contributed by atoms with van der Waals surface area (Å²) in [7, 11) is 3.08. The maximum absolute atomic E-state index is 12.2. The second kappa shape index (κ2) is 7.40. The molecule has 4 rings (SSSR count). The number of rotatable bonds is 3. The van der Waals surface area contributed by atoms with Crippen LogP contribution in [0.4, 0.5) is 0 Å². The number of hydrogen-bond donors (Lipinski definition) is 2. The molecule has 0 unspecified atom stereocenters. The van der Waals surface area contributed by atoms with Crippen molar-refractivity contribution in [2.75, 3.05) is 14.2 Å². The molecule has 2 N–H and O–H groups in total. The highest BCUT2D eigenvalue weighted by Gasteiger charge is 2.34. The minimum atomic E-state index is -0.371. The third-order valence-corrected chi connectivity index (χ3v) is 4.85. The predicted molar refractivity (Wildman–Crippen MR) is 103 cm³/mol. The Morgan fingerprint density at radius 1 is 1.08 bits per heavy atom. The van der Waals surface area contributed by atoms with E-state index in [9.17, 15) is 4.79 Å². The molecule has 0 fully saturated rings. The van der Waals surface area contributed by atoms with Gasteiger partial charge in [-0.1, -0.05) is 30.3 Å². The van der Waals surface area contributed by atoms with Gasteiger partial charge in [0.25, 0.3) is 0 Å². The maximum Gasteiger partial charge on any atom is 0.323 e. The number of esters is 1.